The number of nitrogens with zero attached hydrogens (tertiary/aromatic N) is 1. The van der Waals surface area contributed by atoms with Crippen LogP contribution in [-0.4, -0.2) is 57.3 Å². The Morgan fingerprint density at radius 2 is 2.14 bits per heavy atom. The van der Waals surface area contributed by atoms with Gasteiger partial charge in [0, 0.05) is 26.9 Å². The quantitative estimate of drug-likeness (QED) is 0.700. The maximum Gasteiger partial charge on any atom is 0.213 e. The molecule has 0 radical (unpaired) electrons. The van der Waals surface area contributed by atoms with Gasteiger partial charge in [-0.2, -0.15) is 0 Å². The summed E-state index contributed by atoms with van der Waals surface area (Å²) in [6.45, 7) is 3.77. The molecule has 1 fully saturated rings. The number of aromatic nitrogens is 1. The van der Waals surface area contributed by atoms with E-state index in [9.17, 15) is 0 Å². The maximum absolute atomic E-state index is 5.61. The second kappa shape index (κ2) is 8.17. The van der Waals surface area contributed by atoms with Crippen LogP contribution >= 0.6 is 0 Å². The molecule has 0 aliphatic heterocycles. The average molecular weight is 296 g/mol. The molecule has 0 aromatic carbocycles. The second-order valence-electron chi connectivity index (χ2n) is 4.91. The number of ether oxygens (including phenoxy) is 4. The molecule has 2 rings (SSSR count). The molecule has 3 unspecified atom stereocenters. The molecule has 1 aromatic rings. The summed E-state index contributed by atoms with van der Waals surface area (Å²) >= 11 is 0. The monoisotopic (exact) mass is 296 g/mol. The summed E-state index contributed by atoms with van der Waals surface area (Å²) in [6, 6.07) is 4.06. The molecular formula is C15H24N2O4. The van der Waals surface area contributed by atoms with Crippen LogP contribution in [0.1, 0.15) is 13.3 Å². The average Bonchev–Trinajstić information content (AvgIpc) is 2.48. The minimum Gasteiger partial charge on any atom is -0.475 e. The molecule has 6 heteroatoms. The van der Waals surface area contributed by atoms with Gasteiger partial charge in [-0.25, -0.2) is 4.98 Å². The van der Waals surface area contributed by atoms with E-state index < -0.39 is 0 Å². The lowest BCUT2D eigenvalue weighted by atomic mass is 9.85. The molecular weight excluding hydrogens is 272 g/mol. The summed E-state index contributed by atoms with van der Waals surface area (Å²) in [5.41, 5.74) is 0.955. The zero-order valence-electron chi connectivity index (χ0n) is 12.9. The Morgan fingerprint density at radius 1 is 1.29 bits per heavy atom. The maximum atomic E-state index is 5.61. The Bertz CT molecular complexity index is 413. The summed E-state index contributed by atoms with van der Waals surface area (Å²) in [5, 5.41) is 3.41. The normalized spacial score (nSPS) is 24.4. The number of hydrogen-bond acceptors (Lipinski definition) is 6. The fourth-order valence-corrected chi connectivity index (χ4v) is 2.41. The third-order valence-corrected chi connectivity index (χ3v) is 3.53. The highest BCUT2D eigenvalue weighted by molar-refractivity contribution is 5.44. The lowest BCUT2D eigenvalue weighted by Crippen LogP contribution is -2.56. The van der Waals surface area contributed by atoms with E-state index in [1.807, 2.05) is 19.1 Å². The number of pyridine rings is 1. The van der Waals surface area contributed by atoms with Crippen LogP contribution in [-0.2, 0) is 14.2 Å². The van der Waals surface area contributed by atoms with E-state index in [1.165, 1.54) is 0 Å². The molecule has 1 heterocycles. The highest BCUT2D eigenvalue weighted by atomic mass is 16.5. The zero-order chi connectivity index (χ0) is 15.1. The van der Waals surface area contributed by atoms with Gasteiger partial charge in [-0.05, 0) is 19.4 Å². The van der Waals surface area contributed by atoms with Gasteiger partial charge >= 0.3 is 0 Å². The summed E-state index contributed by atoms with van der Waals surface area (Å²) < 4.78 is 21.4. The number of nitrogens with one attached hydrogen (secondary N) is 1. The molecule has 1 aliphatic carbocycles. The highest BCUT2D eigenvalue weighted by Crippen LogP contribution is 2.29. The molecule has 1 N–H and O–H groups in total. The lowest BCUT2D eigenvalue weighted by molar-refractivity contribution is -0.118. The van der Waals surface area contributed by atoms with Gasteiger partial charge in [0.2, 0.25) is 5.88 Å². The zero-order valence-corrected chi connectivity index (χ0v) is 12.9. The lowest BCUT2D eigenvalue weighted by Gasteiger charge is -2.43. The van der Waals surface area contributed by atoms with Gasteiger partial charge in [-0.3, -0.25) is 0 Å². The van der Waals surface area contributed by atoms with E-state index in [0.29, 0.717) is 25.7 Å². The van der Waals surface area contributed by atoms with E-state index in [4.69, 9.17) is 18.9 Å². The van der Waals surface area contributed by atoms with E-state index in [-0.39, 0.29) is 18.2 Å². The molecule has 1 aromatic heterocycles. The SMILES string of the molecule is CCOC1CC(Nc2ccc(OCCOC)nc2)C1OC. The van der Waals surface area contributed by atoms with Gasteiger partial charge in [0.15, 0.2) is 0 Å². The third kappa shape index (κ3) is 4.30. The molecule has 1 saturated carbocycles. The van der Waals surface area contributed by atoms with Crippen molar-refractivity contribution in [3.8, 4) is 5.88 Å². The van der Waals surface area contributed by atoms with Gasteiger partial charge in [-0.15, -0.1) is 0 Å². The molecule has 21 heavy (non-hydrogen) atoms. The number of methoxy groups -OCH3 is 2. The minimum absolute atomic E-state index is 0.0857. The molecule has 1 aliphatic rings. The first-order valence-corrected chi connectivity index (χ1v) is 7.27. The van der Waals surface area contributed by atoms with Crippen LogP contribution in [0.3, 0.4) is 0 Å². The van der Waals surface area contributed by atoms with Crippen LogP contribution in [0.25, 0.3) is 0 Å². The highest BCUT2D eigenvalue weighted by Gasteiger charge is 2.42. The first-order chi connectivity index (χ1) is 10.3. The van der Waals surface area contributed by atoms with Crippen LogP contribution in [0.5, 0.6) is 5.88 Å². The molecule has 118 valence electrons. The van der Waals surface area contributed by atoms with Crippen molar-refractivity contribution in [1.82, 2.24) is 4.98 Å². The first kappa shape index (κ1) is 16.0. The predicted molar refractivity (Wildman–Crippen MR) is 79.8 cm³/mol. The minimum atomic E-state index is 0.0857. The van der Waals surface area contributed by atoms with Gasteiger partial charge < -0.3 is 24.3 Å². The largest absolute Gasteiger partial charge is 0.475 e. The topological polar surface area (TPSA) is 61.8 Å². The van der Waals surface area contributed by atoms with Gasteiger partial charge in [0.05, 0.1) is 30.6 Å². The fraction of sp³-hybridized carbons (Fsp3) is 0.667. The van der Waals surface area contributed by atoms with E-state index >= 15 is 0 Å². The van der Waals surface area contributed by atoms with Crippen molar-refractivity contribution in [1.29, 1.82) is 0 Å². The van der Waals surface area contributed by atoms with E-state index in [1.54, 1.807) is 20.4 Å². The van der Waals surface area contributed by atoms with Gasteiger partial charge in [-0.1, -0.05) is 0 Å². The predicted octanol–water partition coefficient (Wildman–Crippen LogP) is 1.71. The van der Waals surface area contributed by atoms with Crippen molar-refractivity contribution in [3.05, 3.63) is 18.3 Å². The molecule has 3 atom stereocenters. The van der Waals surface area contributed by atoms with Crippen molar-refractivity contribution in [2.45, 2.75) is 31.6 Å². The van der Waals surface area contributed by atoms with Crippen molar-refractivity contribution in [3.63, 3.8) is 0 Å². The second-order valence-corrected chi connectivity index (χ2v) is 4.91. The molecule has 0 spiro atoms. The summed E-state index contributed by atoms with van der Waals surface area (Å²) in [7, 11) is 3.36. The summed E-state index contributed by atoms with van der Waals surface area (Å²) in [4.78, 5) is 4.26. The van der Waals surface area contributed by atoms with Crippen LogP contribution in [0.15, 0.2) is 18.3 Å². The Morgan fingerprint density at radius 3 is 2.76 bits per heavy atom. The van der Waals surface area contributed by atoms with Crippen molar-refractivity contribution in [2.24, 2.45) is 0 Å². The summed E-state index contributed by atoms with van der Waals surface area (Å²) in [5.74, 6) is 0.599. The van der Waals surface area contributed by atoms with Crippen LogP contribution in [0.2, 0.25) is 0 Å². The Kier molecular flexibility index (Phi) is 6.22. The van der Waals surface area contributed by atoms with Gasteiger partial charge in [0.1, 0.15) is 12.7 Å². The Balaban J connectivity index is 1.81. The standard InChI is InChI=1S/C15H24N2O4/c1-4-20-13-9-12(15(13)19-3)17-11-5-6-14(16-10-11)21-8-7-18-2/h5-6,10,12-13,15,17H,4,7-9H2,1-3H3. The molecule has 0 saturated heterocycles. The molecule has 6 nitrogen and oxygen atoms in total. The Hall–Kier alpha value is -1.37. The van der Waals surface area contributed by atoms with Gasteiger partial charge in [0.25, 0.3) is 0 Å². The van der Waals surface area contributed by atoms with Crippen LogP contribution < -0.4 is 10.1 Å². The van der Waals surface area contributed by atoms with Crippen molar-refractivity contribution in [2.75, 3.05) is 39.4 Å². The number of rotatable bonds is 9. The van der Waals surface area contributed by atoms with E-state index in [0.717, 1.165) is 12.1 Å². The van der Waals surface area contributed by atoms with Crippen LogP contribution in [0.4, 0.5) is 5.69 Å². The summed E-state index contributed by atoms with van der Waals surface area (Å²) in [6.07, 6.45) is 2.98. The first-order valence-electron chi connectivity index (χ1n) is 7.27. The molecule has 0 bridgehead atoms. The number of hydrogen-bond donors (Lipinski definition) is 1. The van der Waals surface area contributed by atoms with E-state index in [2.05, 4.69) is 10.3 Å². The smallest absolute Gasteiger partial charge is 0.213 e. The Labute approximate surface area is 125 Å². The van der Waals surface area contributed by atoms with Crippen LogP contribution in [0, 0.1) is 0 Å². The third-order valence-electron chi connectivity index (χ3n) is 3.53. The number of anilines is 1. The molecule has 0 amide bonds. The fourth-order valence-electron chi connectivity index (χ4n) is 2.41. The van der Waals surface area contributed by atoms with Crippen molar-refractivity contribution >= 4 is 5.69 Å². The van der Waals surface area contributed by atoms with Crippen molar-refractivity contribution < 1.29 is 18.9 Å².